The number of ether oxygens (including phenoxy) is 1. The molecule has 6 nitrogen and oxygen atoms in total. The summed E-state index contributed by atoms with van der Waals surface area (Å²) in [6.45, 7) is 1.96. The van der Waals surface area contributed by atoms with Gasteiger partial charge >= 0.3 is 5.97 Å². The monoisotopic (exact) mass is 283 g/mol. The van der Waals surface area contributed by atoms with E-state index < -0.39 is 5.97 Å². The van der Waals surface area contributed by atoms with Crippen molar-refractivity contribution in [2.24, 2.45) is 0 Å². The fraction of sp³-hybridized carbons (Fsp3) is 0.133. The molecule has 0 bridgehead atoms. The van der Waals surface area contributed by atoms with Crippen molar-refractivity contribution < 1.29 is 14.6 Å². The summed E-state index contributed by atoms with van der Waals surface area (Å²) in [5, 5.41) is 17.2. The molecule has 3 rings (SSSR count). The van der Waals surface area contributed by atoms with Crippen molar-refractivity contribution in [2.45, 2.75) is 6.92 Å². The highest BCUT2D eigenvalue weighted by Gasteiger charge is 2.12. The summed E-state index contributed by atoms with van der Waals surface area (Å²) in [6.07, 6.45) is 0. The minimum atomic E-state index is -0.980. The number of aromatic nitrogens is 3. The maximum Gasteiger partial charge on any atom is 0.335 e. The number of carboxylic acids is 1. The lowest BCUT2D eigenvalue weighted by atomic mass is 10.1. The average Bonchev–Trinajstić information content (AvgIpc) is 2.89. The van der Waals surface area contributed by atoms with Crippen LogP contribution in [-0.4, -0.2) is 33.2 Å². The maximum absolute atomic E-state index is 11.0. The van der Waals surface area contributed by atoms with Crippen molar-refractivity contribution >= 4 is 17.0 Å². The SMILES string of the molecule is COc1ccc(-n2nnc3cc(C(=O)O)ccc32)c(C)c1. The van der Waals surface area contributed by atoms with Crippen molar-refractivity contribution in [1.29, 1.82) is 0 Å². The number of carboxylic acid groups (broad SMARTS) is 1. The molecule has 3 aromatic rings. The van der Waals surface area contributed by atoms with E-state index in [-0.39, 0.29) is 5.56 Å². The first-order valence-corrected chi connectivity index (χ1v) is 6.34. The highest BCUT2D eigenvalue weighted by molar-refractivity contribution is 5.92. The zero-order chi connectivity index (χ0) is 15.0. The highest BCUT2D eigenvalue weighted by Crippen LogP contribution is 2.23. The van der Waals surface area contributed by atoms with E-state index in [4.69, 9.17) is 9.84 Å². The molecule has 0 saturated heterocycles. The van der Waals surface area contributed by atoms with Crippen LogP contribution >= 0.6 is 0 Å². The van der Waals surface area contributed by atoms with E-state index in [1.165, 1.54) is 6.07 Å². The van der Waals surface area contributed by atoms with E-state index in [1.807, 2.05) is 25.1 Å². The fourth-order valence-corrected chi connectivity index (χ4v) is 2.23. The molecule has 0 fully saturated rings. The molecule has 0 radical (unpaired) electrons. The number of benzene rings is 2. The maximum atomic E-state index is 11.0. The number of fused-ring (bicyclic) bond motifs is 1. The molecule has 2 aromatic carbocycles. The van der Waals surface area contributed by atoms with E-state index in [1.54, 1.807) is 23.9 Å². The average molecular weight is 283 g/mol. The van der Waals surface area contributed by atoms with Gasteiger partial charge in [0.1, 0.15) is 11.3 Å². The number of aromatic carboxylic acids is 1. The lowest BCUT2D eigenvalue weighted by Crippen LogP contribution is -2.00. The van der Waals surface area contributed by atoms with Crippen molar-refractivity contribution in [1.82, 2.24) is 15.0 Å². The van der Waals surface area contributed by atoms with Gasteiger partial charge in [0.2, 0.25) is 0 Å². The molecule has 0 unspecified atom stereocenters. The van der Waals surface area contributed by atoms with Crippen LogP contribution in [0.2, 0.25) is 0 Å². The van der Waals surface area contributed by atoms with Gasteiger partial charge in [-0.1, -0.05) is 5.21 Å². The van der Waals surface area contributed by atoms with Gasteiger partial charge < -0.3 is 9.84 Å². The van der Waals surface area contributed by atoms with Gasteiger partial charge in [0.25, 0.3) is 0 Å². The van der Waals surface area contributed by atoms with Crippen LogP contribution in [0.1, 0.15) is 15.9 Å². The third-order valence-electron chi connectivity index (χ3n) is 3.32. The topological polar surface area (TPSA) is 77.2 Å². The van der Waals surface area contributed by atoms with E-state index in [0.29, 0.717) is 5.52 Å². The van der Waals surface area contributed by atoms with E-state index in [9.17, 15) is 4.79 Å². The third kappa shape index (κ3) is 2.20. The van der Waals surface area contributed by atoms with Gasteiger partial charge in [-0.15, -0.1) is 5.10 Å². The largest absolute Gasteiger partial charge is 0.497 e. The Labute approximate surface area is 120 Å². The van der Waals surface area contributed by atoms with Gasteiger partial charge in [-0.05, 0) is 48.9 Å². The number of nitrogens with zero attached hydrogens (tertiary/aromatic N) is 3. The van der Waals surface area contributed by atoms with Crippen LogP contribution in [-0.2, 0) is 0 Å². The summed E-state index contributed by atoms with van der Waals surface area (Å²) >= 11 is 0. The standard InChI is InChI=1S/C15H13N3O3/c1-9-7-11(21-2)4-6-13(9)18-14-5-3-10(15(19)20)8-12(14)16-17-18/h3-8H,1-2H3,(H,19,20). The summed E-state index contributed by atoms with van der Waals surface area (Å²) in [5.74, 6) is -0.207. The molecular weight excluding hydrogens is 270 g/mol. The Hall–Kier alpha value is -2.89. The van der Waals surface area contributed by atoms with Crippen molar-refractivity contribution in [3.63, 3.8) is 0 Å². The number of hydrogen-bond acceptors (Lipinski definition) is 4. The van der Waals surface area contributed by atoms with Crippen molar-refractivity contribution in [3.8, 4) is 11.4 Å². The molecule has 0 saturated carbocycles. The van der Waals surface area contributed by atoms with Crippen molar-refractivity contribution in [2.75, 3.05) is 7.11 Å². The summed E-state index contributed by atoms with van der Waals surface area (Å²) in [5.41, 5.74) is 3.37. The molecule has 21 heavy (non-hydrogen) atoms. The molecule has 1 N–H and O–H groups in total. The summed E-state index contributed by atoms with van der Waals surface area (Å²) < 4.78 is 6.88. The Kier molecular flexibility index (Phi) is 3.06. The van der Waals surface area contributed by atoms with Gasteiger partial charge in [-0.25, -0.2) is 9.48 Å². The smallest absolute Gasteiger partial charge is 0.335 e. The lowest BCUT2D eigenvalue weighted by molar-refractivity contribution is 0.0697. The number of aryl methyl sites for hydroxylation is 1. The number of carbonyl (C=O) groups is 1. The summed E-state index contributed by atoms with van der Waals surface area (Å²) in [7, 11) is 1.62. The Balaban J connectivity index is 2.15. The van der Waals surface area contributed by atoms with E-state index in [2.05, 4.69) is 10.3 Å². The molecule has 106 valence electrons. The second-order valence-corrected chi connectivity index (χ2v) is 4.66. The molecule has 6 heteroatoms. The van der Waals surface area contributed by atoms with Gasteiger partial charge in [0.05, 0.1) is 23.9 Å². The molecule has 0 aliphatic carbocycles. The van der Waals surface area contributed by atoms with E-state index in [0.717, 1.165) is 22.5 Å². The molecule has 0 atom stereocenters. The molecule has 0 amide bonds. The highest BCUT2D eigenvalue weighted by atomic mass is 16.5. The van der Waals surface area contributed by atoms with Gasteiger partial charge in [0.15, 0.2) is 0 Å². The normalized spacial score (nSPS) is 10.8. The zero-order valence-electron chi connectivity index (χ0n) is 11.6. The Morgan fingerprint density at radius 3 is 2.71 bits per heavy atom. The first-order valence-electron chi connectivity index (χ1n) is 6.34. The van der Waals surface area contributed by atoms with Gasteiger partial charge in [-0.2, -0.15) is 0 Å². The van der Waals surface area contributed by atoms with Crippen molar-refractivity contribution in [3.05, 3.63) is 47.5 Å². The molecule has 1 heterocycles. The summed E-state index contributed by atoms with van der Waals surface area (Å²) in [4.78, 5) is 11.0. The van der Waals surface area contributed by atoms with Crippen LogP contribution in [0.3, 0.4) is 0 Å². The van der Waals surface area contributed by atoms with Gasteiger partial charge in [-0.3, -0.25) is 0 Å². The van der Waals surface area contributed by atoms with Crippen LogP contribution < -0.4 is 4.74 Å². The second kappa shape index (κ2) is 4.90. The van der Waals surface area contributed by atoms with Crippen LogP contribution in [0.15, 0.2) is 36.4 Å². The lowest BCUT2D eigenvalue weighted by Gasteiger charge is -2.08. The Bertz CT molecular complexity index is 839. The first kappa shape index (κ1) is 13.1. The molecule has 1 aromatic heterocycles. The molecular formula is C15H13N3O3. The van der Waals surface area contributed by atoms with Crippen LogP contribution in [0.5, 0.6) is 5.75 Å². The van der Waals surface area contributed by atoms with Crippen LogP contribution in [0.25, 0.3) is 16.7 Å². The molecule has 0 spiro atoms. The minimum Gasteiger partial charge on any atom is -0.497 e. The predicted molar refractivity (Wildman–Crippen MR) is 77.1 cm³/mol. The first-order chi connectivity index (χ1) is 10.1. The quantitative estimate of drug-likeness (QED) is 0.798. The fourth-order valence-electron chi connectivity index (χ4n) is 2.23. The minimum absolute atomic E-state index is 0.195. The second-order valence-electron chi connectivity index (χ2n) is 4.66. The third-order valence-corrected chi connectivity index (χ3v) is 3.32. The Morgan fingerprint density at radius 2 is 2.05 bits per heavy atom. The predicted octanol–water partition coefficient (Wildman–Crippen LogP) is 2.44. The zero-order valence-corrected chi connectivity index (χ0v) is 11.6. The number of methoxy groups -OCH3 is 1. The van der Waals surface area contributed by atoms with Crippen LogP contribution in [0, 0.1) is 6.92 Å². The van der Waals surface area contributed by atoms with Crippen LogP contribution in [0.4, 0.5) is 0 Å². The molecule has 0 aliphatic rings. The number of rotatable bonds is 3. The number of hydrogen-bond donors (Lipinski definition) is 1. The van der Waals surface area contributed by atoms with Gasteiger partial charge in [0, 0.05) is 0 Å². The van der Waals surface area contributed by atoms with E-state index >= 15 is 0 Å². The Morgan fingerprint density at radius 1 is 1.24 bits per heavy atom. The summed E-state index contributed by atoms with van der Waals surface area (Å²) in [6, 6.07) is 10.4. The molecule has 0 aliphatic heterocycles.